The van der Waals surface area contributed by atoms with Crippen LogP contribution in [-0.4, -0.2) is 34.6 Å². The second-order valence-electron chi connectivity index (χ2n) is 4.82. The highest BCUT2D eigenvalue weighted by atomic mass is 16.4. The van der Waals surface area contributed by atoms with E-state index in [9.17, 15) is 4.79 Å². The number of carbonyl (C=O) groups is 1. The van der Waals surface area contributed by atoms with E-state index >= 15 is 0 Å². The Balaban J connectivity index is 2.22. The molecule has 0 aliphatic carbocycles. The second kappa shape index (κ2) is 5.80. The van der Waals surface area contributed by atoms with Gasteiger partial charge in [-0.05, 0) is 31.7 Å². The van der Waals surface area contributed by atoms with Crippen LogP contribution in [0.2, 0.25) is 0 Å². The van der Waals surface area contributed by atoms with Crippen LogP contribution in [0.25, 0.3) is 10.9 Å². The number of pyridine rings is 1. The van der Waals surface area contributed by atoms with Crippen molar-refractivity contribution < 1.29 is 9.90 Å². The minimum absolute atomic E-state index is 0.165. The smallest absolute Gasteiger partial charge is 0.304 e. The summed E-state index contributed by atoms with van der Waals surface area (Å²) in [5.74, 6) is -0.761. The van der Waals surface area contributed by atoms with Crippen LogP contribution in [0.1, 0.15) is 17.7 Å². The zero-order valence-electron chi connectivity index (χ0n) is 11.3. The molecule has 0 bridgehead atoms. The van der Waals surface area contributed by atoms with Crippen LogP contribution in [-0.2, 0) is 11.3 Å². The fourth-order valence-electron chi connectivity index (χ4n) is 2.18. The van der Waals surface area contributed by atoms with Gasteiger partial charge in [-0.25, -0.2) is 0 Å². The molecule has 1 aromatic carbocycles. The molecule has 4 nitrogen and oxygen atoms in total. The summed E-state index contributed by atoms with van der Waals surface area (Å²) < 4.78 is 0. The van der Waals surface area contributed by atoms with Gasteiger partial charge >= 0.3 is 5.97 Å². The van der Waals surface area contributed by atoms with Crippen molar-refractivity contribution in [3.63, 3.8) is 0 Å². The minimum atomic E-state index is -0.761. The van der Waals surface area contributed by atoms with Gasteiger partial charge in [0.05, 0.1) is 11.9 Å². The van der Waals surface area contributed by atoms with Gasteiger partial charge in [-0.1, -0.05) is 18.2 Å². The lowest BCUT2D eigenvalue weighted by Crippen LogP contribution is -2.21. The monoisotopic (exact) mass is 258 g/mol. The third-order valence-corrected chi connectivity index (χ3v) is 3.08. The maximum atomic E-state index is 10.6. The fraction of sp³-hybridized carbons (Fsp3) is 0.333. The van der Waals surface area contributed by atoms with Crippen molar-refractivity contribution in [2.45, 2.75) is 19.9 Å². The standard InChI is InChI=1S/C15H18N2O2/c1-11-9-12(10-17(2)8-7-15(18)19)13-5-3-4-6-14(13)16-11/h3-6,9H,7-8,10H2,1-2H3,(H,18,19). The third-order valence-electron chi connectivity index (χ3n) is 3.08. The third kappa shape index (κ3) is 3.51. The number of aliphatic carboxylic acids is 1. The fourth-order valence-corrected chi connectivity index (χ4v) is 2.18. The topological polar surface area (TPSA) is 53.4 Å². The van der Waals surface area contributed by atoms with E-state index in [2.05, 4.69) is 17.1 Å². The van der Waals surface area contributed by atoms with Crippen molar-refractivity contribution in [1.82, 2.24) is 9.88 Å². The Kier molecular flexibility index (Phi) is 4.12. The van der Waals surface area contributed by atoms with Gasteiger partial charge in [0.15, 0.2) is 0 Å². The molecule has 19 heavy (non-hydrogen) atoms. The van der Waals surface area contributed by atoms with Gasteiger partial charge in [-0.15, -0.1) is 0 Å². The first-order valence-corrected chi connectivity index (χ1v) is 6.32. The number of carboxylic acids is 1. The van der Waals surface area contributed by atoms with Crippen molar-refractivity contribution in [3.8, 4) is 0 Å². The molecule has 0 fully saturated rings. The Morgan fingerprint density at radius 3 is 2.84 bits per heavy atom. The molecule has 100 valence electrons. The average molecular weight is 258 g/mol. The highest BCUT2D eigenvalue weighted by molar-refractivity contribution is 5.82. The van der Waals surface area contributed by atoms with E-state index in [0.717, 1.165) is 23.1 Å². The first kappa shape index (κ1) is 13.5. The lowest BCUT2D eigenvalue weighted by molar-refractivity contribution is -0.137. The van der Waals surface area contributed by atoms with Crippen LogP contribution in [0.5, 0.6) is 0 Å². The molecule has 1 N–H and O–H groups in total. The Bertz CT molecular complexity index is 596. The number of fused-ring (bicyclic) bond motifs is 1. The van der Waals surface area contributed by atoms with Gasteiger partial charge in [-0.3, -0.25) is 9.78 Å². The molecule has 0 spiro atoms. The number of aromatic nitrogens is 1. The number of rotatable bonds is 5. The number of para-hydroxylation sites is 1. The Morgan fingerprint density at radius 1 is 1.37 bits per heavy atom. The molecule has 0 atom stereocenters. The van der Waals surface area contributed by atoms with E-state index in [0.29, 0.717) is 6.54 Å². The molecule has 1 heterocycles. The molecule has 0 amide bonds. The number of aryl methyl sites for hydroxylation is 1. The summed E-state index contributed by atoms with van der Waals surface area (Å²) >= 11 is 0. The SMILES string of the molecule is Cc1cc(CN(C)CCC(=O)O)c2ccccc2n1. The summed E-state index contributed by atoms with van der Waals surface area (Å²) in [7, 11) is 1.94. The molecule has 0 aliphatic heterocycles. The van der Waals surface area contributed by atoms with Crippen LogP contribution in [0.15, 0.2) is 30.3 Å². The number of nitrogens with zero attached hydrogens (tertiary/aromatic N) is 2. The summed E-state index contributed by atoms with van der Waals surface area (Å²) in [5.41, 5.74) is 3.17. The molecular formula is C15H18N2O2. The zero-order chi connectivity index (χ0) is 13.8. The summed E-state index contributed by atoms with van der Waals surface area (Å²) in [6, 6.07) is 10.1. The molecular weight excluding hydrogens is 240 g/mol. The second-order valence-corrected chi connectivity index (χ2v) is 4.82. The quantitative estimate of drug-likeness (QED) is 0.895. The van der Waals surface area contributed by atoms with E-state index in [1.54, 1.807) is 0 Å². The highest BCUT2D eigenvalue weighted by Gasteiger charge is 2.08. The Morgan fingerprint density at radius 2 is 2.11 bits per heavy atom. The number of benzene rings is 1. The molecule has 0 radical (unpaired) electrons. The van der Waals surface area contributed by atoms with Crippen molar-refractivity contribution >= 4 is 16.9 Å². The van der Waals surface area contributed by atoms with Gasteiger partial charge in [0.1, 0.15) is 0 Å². The van der Waals surface area contributed by atoms with Gasteiger partial charge < -0.3 is 10.0 Å². The van der Waals surface area contributed by atoms with E-state index in [1.807, 2.05) is 37.1 Å². The Hall–Kier alpha value is -1.94. The van der Waals surface area contributed by atoms with E-state index in [1.165, 1.54) is 5.56 Å². The minimum Gasteiger partial charge on any atom is -0.481 e. The predicted octanol–water partition coefficient (Wildman–Crippen LogP) is 2.45. The van der Waals surface area contributed by atoms with Crippen LogP contribution >= 0.6 is 0 Å². The molecule has 0 saturated carbocycles. The summed E-state index contributed by atoms with van der Waals surface area (Å²) in [5, 5.41) is 9.84. The van der Waals surface area contributed by atoms with Crippen LogP contribution < -0.4 is 0 Å². The first-order chi connectivity index (χ1) is 9.06. The molecule has 0 saturated heterocycles. The lowest BCUT2D eigenvalue weighted by Gasteiger charge is -2.17. The maximum Gasteiger partial charge on any atom is 0.304 e. The number of hydrogen-bond donors (Lipinski definition) is 1. The van der Waals surface area contributed by atoms with Crippen molar-refractivity contribution in [3.05, 3.63) is 41.6 Å². The molecule has 2 aromatic rings. The zero-order valence-corrected chi connectivity index (χ0v) is 11.3. The summed E-state index contributed by atoms with van der Waals surface area (Å²) in [6.07, 6.45) is 0.165. The van der Waals surface area contributed by atoms with Crippen LogP contribution in [0.3, 0.4) is 0 Å². The molecule has 0 aliphatic rings. The molecule has 1 aromatic heterocycles. The van der Waals surface area contributed by atoms with Crippen LogP contribution in [0.4, 0.5) is 0 Å². The number of hydrogen-bond acceptors (Lipinski definition) is 3. The van der Waals surface area contributed by atoms with Gasteiger partial charge in [0.2, 0.25) is 0 Å². The summed E-state index contributed by atoms with van der Waals surface area (Å²) in [4.78, 5) is 17.1. The van der Waals surface area contributed by atoms with Gasteiger partial charge in [0.25, 0.3) is 0 Å². The largest absolute Gasteiger partial charge is 0.481 e. The summed E-state index contributed by atoms with van der Waals surface area (Å²) in [6.45, 7) is 3.26. The predicted molar refractivity (Wildman–Crippen MR) is 75.1 cm³/mol. The lowest BCUT2D eigenvalue weighted by atomic mass is 10.1. The first-order valence-electron chi connectivity index (χ1n) is 6.32. The van der Waals surface area contributed by atoms with Crippen molar-refractivity contribution in [2.75, 3.05) is 13.6 Å². The van der Waals surface area contributed by atoms with E-state index in [-0.39, 0.29) is 6.42 Å². The average Bonchev–Trinajstić information content (AvgIpc) is 2.36. The Labute approximate surface area is 112 Å². The van der Waals surface area contributed by atoms with Crippen LogP contribution in [0, 0.1) is 6.92 Å². The van der Waals surface area contributed by atoms with E-state index in [4.69, 9.17) is 5.11 Å². The van der Waals surface area contributed by atoms with Crippen molar-refractivity contribution in [2.24, 2.45) is 0 Å². The molecule has 2 rings (SSSR count). The highest BCUT2D eigenvalue weighted by Crippen LogP contribution is 2.19. The molecule has 4 heteroatoms. The molecule has 0 unspecified atom stereocenters. The normalized spacial score (nSPS) is 11.1. The number of carboxylic acid groups (broad SMARTS) is 1. The van der Waals surface area contributed by atoms with Gasteiger partial charge in [0, 0.05) is 24.2 Å². The van der Waals surface area contributed by atoms with E-state index < -0.39 is 5.97 Å². The maximum absolute atomic E-state index is 10.6. The van der Waals surface area contributed by atoms with Gasteiger partial charge in [-0.2, -0.15) is 0 Å². The van der Waals surface area contributed by atoms with Crippen molar-refractivity contribution in [1.29, 1.82) is 0 Å².